The third-order valence-electron chi connectivity index (χ3n) is 3.83. The van der Waals surface area contributed by atoms with Crippen molar-refractivity contribution in [1.29, 1.82) is 0 Å². The van der Waals surface area contributed by atoms with Crippen LogP contribution in [0.15, 0.2) is 23.2 Å². The summed E-state index contributed by atoms with van der Waals surface area (Å²) in [7, 11) is 0. The Morgan fingerprint density at radius 3 is 2.71 bits per heavy atom. The highest BCUT2D eigenvalue weighted by atomic mass is 127. The fraction of sp³-hybridized carbons (Fsp3) is 0.588. The van der Waals surface area contributed by atoms with Crippen molar-refractivity contribution in [2.75, 3.05) is 31.1 Å². The molecule has 1 atom stereocenters. The molecule has 0 spiro atoms. The predicted molar refractivity (Wildman–Crippen MR) is 106 cm³/mol. The Kier molecular flexibility index (Phi) is 8.72. The van der Waals surface area contributed by atoms with Crippen molar-refractivity contribution in [1.82, 2.24) is 10.6 Å². The van der Waals surface area contributed by atoms with Crippen molar-refractivity contribution in [3.05, 3.63) is 29.8 Å². The van der Waals surface area contributed by atoms with Crippen LogP contribution in [0.2, 0.25) is 0 Å². The molecule has 1 heterocycles. The summed E-state index contributed by atoms with van der Waals surface area (Å²) in [5.41, 5.74) is 0.739. The summed E-state index contributed by atoms with van der Waals surface area (Å²) >= 11 is 0. The normalized spacial score (nSPS) is 17.8. The summed E-state index contributed by atoms with van der Waals surface area (Å²) in [4.78, 5) is 6.72. The molecule has 0 aromatic heterocycles. The van der Waals surface area contributed by atoms with Crippen molar-refractivity contribution in [3.63, 3.8) is 0 Å². The number of hydrogen-bond acceptors (Lipinski definition) is 2. The van der Waals surface area contributed by atoms with Gasteiger partial charge < -0.3 is 15.5 Å². The van der Waals surface area contributed by atoms with Gasteiger partial charge in [-0.15, -0.1) is 24.0 Å². The Bertz CT molecular complexity index is 551. The Morgan fingerprint density at radius 2 is 2.08 bits per heavy atom. The van der Waals surface area contributed by atoms with Crippen molar-refractivity contribution < 1.29 is 8.78 Å². The van der Waals surface area contributed by atoms with Gasteiger partial charge in [-0.3, -0.25) is 4.99 Å². The van der Waals surface area contributed by atoms with Gasteiger partial charge >= 0.3 is 0 Å². The minimum Gasteiger partial charge on any atom is -0.371 e. The number of rotatable bonds is 5. The van der Waals surface area contributed by atoms with Crippen LogP contribution in [-0.4, -0.2) is 38.2 Å². The van der Waals surface area contributed by atoms with Crippen LogP contribution < -0.4 is 15.5 Å². The van der Waals surface area contributed by atoms with Crippen molar-refractivity contribution in [2.24, 2.45) is 10.9 Å². The summed E-state index contributed by atoms with van der Waals surface area (Å²) in [5.74, 6) is -0.344. The smallest absolute Gasteiger partial charge is 0.191 e. The molecule has 0 aliphatic carbocycles. The van der Waals surface area contributed by atoms with Gasteiger partial charge in [0, 0.05) is 44.0 Å². The van der Waals surface area contributed by atoms with Gasteiger partial charge in [0.1, 0.15) is 0 Å². The van der Waals surface area contributed by atoms with Gasteiger partial charge in [-0.05, 0) is 45.2 Å². The summed E-state index contributed by atoms with van der Waals surface area (Å²) in [6.07, 6.45) is 1.00. The first-order chi connectivity index (χ1) is 11.0. The zero-order valence-electron chi connectivity index (χ0n) is 14.5. The van der Waals surface area contributed by atoms with Crippen LogP contribution in [0.3, 0.4) is 0 Å². The number of benzene rings is 1. The van der Waals surface area contributed by atoms with E-state index < -0.39 is 11.6 Å². The Hall–Kier alpha value is -1.12. The Morgan fingerprint density at radius 1 is 1.33 bits per heavy atom. The number of aliphatic imine (C=N–C) groups is 1. The molecule has 0 amide bonds. The van der Waals surface area contributed by atoms with E-state index in [1.807, 2.05) is 6.92 Å². The van der Waals surface area contributed by atoms with E-state index in [1.165, 1.54) is 12.1 Å². The number of hydrogen-bond donors (Lipinski definition) is 2. The monoisotopic (exact) mass is 452 g/mol. The maximum absolute atomic E-state index is 13.3. The van der Waals surface area contributed by atoms with Crippen LogP contribution in [0, 0.1) is 17.6 Å². The van der Waals surface area contributed by atoms with E-state index in [-0.39, 0.29) is 24.0 Å². The third kappa shape index (κ3) is 6.07. The minimum atomic E-state index is -0.802. The molecule has 1 aliphatic heterocycles. The van der Waals surface area contributed by atoms with Gasteiger partial charge in [-0.25, -0.2) is 8.78 Å². The quantitative estimate of drug-likeness (QED) is 0.409. The average Bonchev–Trinajstić information content (AvgIpc) is 2.96. The van der Waals surface area contributed by atoms with Gasteiger partial charge in [0.15, 0.2) is 17.6 Å². The van der Waals surface area contributed by atoms with Gasteiger partial charge in [0.05, 0.1) is 0 Å². The SMILES string of the molecule is CCNC(=NCC1CCN(c2ccc(F)c(F)c2)C1)NC(C)C.I. The molecule has 1 aromatic rings. The number of nitrogens with zero attached hydrogens (tertiary/aromatic N) is 2. The number of halogens is 3. The predicted octanol–water partition coefficient (Wildman–Crippen LogP) is 3.37. The van der Waals surface area contributed by atoms with E-state index in [0.717, 1.165) is 44.2 Å². The Balaban J connectivity index is 0.00000288. The van der Waals surface area contributed by atoms with Crippen molar-refractivity contribution in [2.45, 2.75) is 33.2 Å². The molecular formula is C17H27F2IN4. The van der Waals surface area contributed by atoms with Crippen LogP contribution in [0.5, 0.6) is 0 Å². The lowest BCUT2D eigenvalue weighted by Gasteiger charge is -2.19. The molecule has 24 heavy (non-hydrogen) atoms. The zero-order chi connectivity index (χ0) is 16.8. The summed E-state index contributed by atoms with van der Waals surface area (Å²) in [5, 5.41) is 6.52. The lowest BCUT2D eigenvalue weighted by molar-refractivity contribution is 0.508. The van der Waals surface area contributed by atoms with Crippen LogP contribution in [0.25, 0.3) is 0 Å². The van der Waals surface area contributed by atoms with Crippen LogP contribution in [-0.2, 0) is 0 Å². The fourth-order valence-corrected chi connectivity index (χ4v) is 2.71. The van der Waals surface area contributed by atoms with Crippen LogP contribution in [0.1, 0.15) is 27.2 Å². The maximum atomic E-state index is 13.3. The average molecular weight is 452 g/mol. The number of anilines is 1. The minimum absolute atomic E-state index is 0. The second kappa shape index (κ2) is 10.0. The summed E-state index contributed by atoms with van der Waals surface area (Å²) in [6.45, 7) is 9.40. The van der Waals surface area contributed by atoms with Crippen molar-refractivity contribution in [3.8, 4) is 0 Å². The highest BCUT2D eigenvalue weighted by molar-refractivity contribution is 14.0. The number of nitrogens with one attached hydrogen (secondary N) is 2. The van der Waals surface area contributed by atoms with Gasteiger partial charge in [0.25, 0.3) is 0 Å². The standard InChI is InChI=1S/C17H26F2N4.HI/c1-4-20-17(22-12(2)3)21-10-13-7-8-23(11-13)14-5-6-15(18)16(19)9-14;/h5-6,9,12-13H,4,7-8,10-11H2,1-3H3,(H2,20,21,22);1H. The van der Waals surface area contributed by atoms with Gasteiger partial charge in [-0.2, -0.15) is 0 Å². The van der Waals surface area contributed by atoms with Crippen LogP contribution in [0.4, 0.5) is 14.5 Å². The molecule has 2 rings (SSSR count). The topological polar surface area (TPSA) is 39.7 Å². The molecule has 1 saturated heterocycles. The molecule has 0 bridgehead atoms. The summed E-state index contributed by atoms with van der Waals surface area (Å²) in [6, 6.07) is 4.42. The fourth-order valence-electron chi connectivity index (χ4n) is 2.71. The molecule has 1 fully saturated rings. The van der Waals surface area contributed by atoms with Gasteiger partial charge in [0.2, 0.25) is 0 Å². The second-order valence-corrected chi connectivity index (χ2v) is 6.22. The molecule has 2 N–H and O–H groups in total. The second-order valence-electron chi connectivity index (χ2n) is 6.22. The molecule has 136 valence electrons. The first-order valence-corrected chi connectivity index (χ1v) is 8.24. The summed E-state index contributed by atoms with van der Waals surface area (Å²) < 4.78 is 26.4. The highest BCUT2D eigenvalue weighted by Crippen LogP contribution is 2.25. The zero-order valence-corrected chi connectivity index (χ0v) is 16.8. The van der Waals surface area contributed by atoms with E-state index in [2.05, 4.69) is 34.4 Å². The van der Waals surface area contributed by atoms with E-state index >= 15 is 0 Å². The molecule has 1 aliphatic rings. The lowest BCUT2D eigenvalue weighted by atomic mass is 10.1. The molecular weight excluding hydrogens is 425 g/mol. The van der Waals surface area contributed by atoms with E-state index in [0.29, 0.717) is 12.0 Å². The molecule has 0 radical (unpaired) electrons. The van der Waals surface area contributed by atoms with Crippen LogP contribution >= 0.6 is 24.0 Å². The van der Waals surface area contributed by atoms with Gasteiger partial charge in [-0.1, -0.05) is 0 Å². The number of guanidine groups is 1. The molecule has 7 heteroatoms. The maximum Gasteiger partial charge on any atom is 0.191 e. The largest absolute Gasteiger partial charge is 0.371 e. The highest BCUT2D eigenvalue weighted by Gasteiger charge is 2.23. The Labute approximate surface area is 160 Å². The first kappa shape index (κ1) is 20.9. The first-order valence-electron chi connectivity index (χ1n) is 8.24. The van der Waals surface area contributed by atoms with E-state index in [9.17, 15) is 8.78 Å². The molecule has 1 unspecified atom stereocenters. The van der Waals surface area contributed by atoms with Crippen molar-refractivity contribution >= 4 is 35.6 Å². The van der Waals surface area contributed by atoms with E-state index in [4.69, 9.17) is 0 Å². The molecule has 4 nitrogen and oxygen atoms in total. The third-order valence-corrected chi connectivity index (χ3v) is 3.83. The molecule has 0 saturated carbocycles. The van der Waals surface area contributed by atoms with E-state index in [1.54, 1.807) is 6.07 Å². The molecule has 1 aromatic carbocycles. The lowest BCUT2D eigenvalue weighted by Crippen LogP contribution is -2.41.